The van der Waals surface area contributed by atoms with Gasteiger partial charge in [0.1, 0.15) is 11.8 Å². The van der Waals surface area contributed by atoms with Gasteiger partial charge in [-0.2, -0.15) is 5.26 Å². The van der Waals surface area contributed by atoms with Crippen molar-refractivity contribution in [1.82, 2.24) is 0 Å². The van der Waals surface area contributed by atoms with E-state index in [2.05, 4.69) is 13.0 Å². The SMILES string of the molecule is CCCOCc1ccc(C#N)c(OC)c1. The predicted molar refractivity (Wildman–Crippen MR) is 57.7 cm³/mol. The summed E-state index contributed by atoms with van der Waals surface area (Å²) in [6.07, 6.45) is 1.01. The molecule has 0 aromatic heterocycles. The Balaban J connectivity index is 2.71. The highest BCUT2D eigenvalue weighted by molar-refractivity contribution is 5.45. The van der Waals surface area contributed by atoms with Crippen molar-refractivity contribution < 1.29 is 9.47 Å². The van der Waals surface area contributed by atoms with E-state index < -0.39 is 0 Å². The second-order valence-corrected chi connectivity index (χ2v) is 3.20. The molecule has 0 N–H and O–H groups in total. The Hall–Kier alpha value is -1.53. The quantitative estimate of drug-likeness (QED) is 0.693. The van der Waals surface area contributed by atoms with Crippen molar-refractivity contribution in [3.8, 4) is 11.8 Å². The van der Waals surface area contributed by atoms with E-state index in [1.807, 2.05) is 12.1 Å². The third kappa shape index (κ3) is 3.26. The third-order valence-corrected chi connectivity index (χ3v) is 2.00. The lowest BCUT2D eigenvalue weighted by molar-refractivity contribution is 0.121. The zero-order valence-corrected chi connectivity index (χ0v) is 9.12. The van der Waals surface area contributed by atoms with Gasteiger partial charge in [0, 0.05) is 6.61 Å². The highest BCUT2D eigenvalue weighted by Crippen LogP contribution is 2.19. The molecule has 0 amide bonds. The molecule has 0 bridgehead atoms. The second-order valence-electron chi connectivity index (χ2n) is 3.20. The number of hydrogen-bond acceptors (Lipinski definition) is 3. The molecule has 1 aromatic rings. The minimum absolute atomic E-state index is 0.553. The smallest absolute Gasteiger partial charge is 0.136 e. The maximum atomic E-state index is 8.79. The van der Waals surface area contributed by atoms with Crippen molar-refractivity contribution in [2.24, 2.45) is 0 Å². The van der Waals surface area contributed by atoms with Crippen LogP contribution in [0.15, 0.2) is 18.2 Å². The van der Waals surface area contributed by atoms with Crippen LogP contribution < -0.4 is 4.74 Å². The first-order valence-electron chi connectivity index (χ1n) is 4.96. The summed E-state index contributed by atoms with van der Waals surface area (Å²) in [5, 5.41) is 8.79. The molecule has 0 spiro atoms. The average molecular weight is 205 g/mol. The Bertz CT molecular complexity index is 355. The molecule has 0 atom stereocenters. The Morgan fingerprint density at radius 3 is 2.80 bits per heavy atom. The molecular formula is C12H15NO2. The molecule has 15 heavy (non-hydrogen) atoms. The zero-order valence-electron chi connectivity index (χ0n) is 9.12. The van der Waals surface area contributed by atoms with Gasteiger partial charge in [-0.25, -0.2) is 0 Å². The summed E-state index contributed by atoms with van der Waals surface area (Å²) in [5.41, 5.74) is 1.58. The number of ether oxygens (including phenoxy) is 2. The molecular weight excluding hydrogens is 190 g/mol. The Morgan fingerprint density at radius 2 is 2.20 bits per heavy atom. The van der Waals surface area contributed by atoms with Crippen LogP contribution in [0, 0.1) is 11.3 Å². The van der Waals surface area contributed by atoms with Crippen LogP contribution in [0.5, 0.6) is 5.75 Å². The van der Waals surface area contributed by atoms with Gasteiger partial charge in [0.25, 0.3) is 0 Å². The molecule has 0 heterocycles. The predicted octanol–water partition coefficient (Wildman–Crippen LogP) is 2.49. The van der Waals surface area contributed by atoms with E-state index in [-0.39, 0.29) is 0 Å². The highest BCUT2D eigenvalue weighted by Gasteiger charge is 2.03. The average Bonchev–Trinajstić information content (AvgIpc) is 2.29. The maximum Gasteiger partial charge on any atom is 0.136 e. The minimum Gasteiger partial charge on any atom is -0.495 e. The van der Waals surface area contributed by atoms with Crippen LogP contribution in [0.1, 0.15) is 24.5 Å². The summed E-state index contributed by atoms with van der Waals surface area (Å²) in [6, 6.07) is 7.56. The summed E-state index contributed by atoms with van der Waals surface area (Å²) in [5.74, 6) is 0.607. The lowest BCUT2D eigenvalue weighted by atomic mass is 10.1. The van der Waals surface area contributed by atoms with Crippen LogP contribution in [-0.2, 0) is 11.3 Å². The van der Waals surface area contributed by atoms with E-state index in [9.17, 15) is 0 Å². The minimum atomic E-state index is 0.553. The van der Waals surface area contributed by atoms with Crippen molar-refractivity contribution in [2.45, 2.75) is 20.0 Å². The van der Waals surface area contributed by atoms with E-state index in [0.717, 1.165) is 18.6 Å². The van der Waals surface area contributed by atoms with Crippen molar-refractivity contribution in [3.05, 3.63) is 29.3 Å². The van der Waals surface area contributed by atoms with E-state index in [4.69, 9.17) is 14.7 Å². The summed E-state index contributed by atoms with van der Waals surface area (Å²) in [7, 11) is 1.56. The van der Waals surface area contributed by atoms with Gasteiger partial charge >= 0.3 is 0 Å². The lowest BCUT2D eigenvalue weighted by Gasteiger charge is -2.06. The van der Waals surface area contributed by atoms with E-state index >= 15 is 0 Å². The number of nitrogens with zero attached hydrogens (tertiary/aromatic N) is 1. The summed E-state index contributed by atoms with van der Waals surface area (Å²) >= 11 is 0. The molecule has 0 aliphatic rings. The van der Waals surface area contributed by atoms with E-state index in [1.165, 1.54) is 0 Å². The van der Waals surface area contributed by atoms with E-state index in [0.29, 0.717) is 17.9 Å². The molecule has 0 unspecified atom stereocenters. The van der Waals surface area contributed by atoms with Crippen LogP contribution in [0.4, 0.5) is 0 Å². The first-order valence-corrected chi connectivity index (χ1v) is 4.96. The fourth-order valence-electron chi connectivity index (χ4n) is 1.25. The van der Waals surface area contributed by atoms with Crippen molar-refractivity contribution in [3.63, 3.8) is 0 Å². The largest absolute Gasteiger partial charge is 0.495 e. The van der Waals surface area contributed by atoms with Gasteiger partial charge in [0.15, 0.2) is 0 Å². The molecule has 0 saturated carbocycles. The number of rotatable bonds is 5. The van der Waals surface area contributed by atoms with Crippen molar-refractivity contribution >= 4 is 0 Å². The van der Waals surface area contributed by atoms with Gasteiger partial charge in [0.2, 0.25) is 0 Å². The molecule has 80 valence electrons. The van der Waals surface area contributed by atoms with Gasteiger partial charge in [-0.3, -0.25) is 0 Å². The van der Waals surface area contributed by atoms with Gasteiger partial charge in [-0.15, -0.1) is 0 Å². The monoisotopic (exact) mass is 205 g/mol. The molecule has 1 rings (SSSR count). The second kappa shape index (κ2) is 6.05. The van der Waals surface area contributed by atoms with Gasteiger partial charge < -0.3 is 9.47 Å². The Labute approximate surface area is 90.2 Å². The van der Waals surface area contributed by atoms with Crippen molar-refractivity contribution in [1.29, 1.82) is 5.26 Å². The van der Waals surface area contributed by atoms with Crippen LogP contribution in [0.25, 0.3) is 0 Å². The first-order chi connectivity index (χ1) is 7.31. The van der Waals surface area contributed by atoms with Crippen LogP contribution in [-0.4, -0.2) is 13.7 Å². The van der Waals surface area contributed by atoms with E-state index in [1.54, 1.807) is 13.2 Å². The summed E-state index contributed by atoms with van der Waals surface area (Å²) in [6.45, 7) is 3.39. The highest BCUT2D eigenvalue weighted by atomic mass is 16.5. The number of methoxy groups -OCH3 is 1. The topological polar surface area (TPSA) is 42.2 Å². The maximum absolute atomic E-state index is 8.79. The molecule has 3 heteroatoms. The summed E-state index contributed by atoms with van der Waals surface area (Å²) in [4.78, 5) is 0. The fourth-order valence-corrected chi connectivity index (χ4v) is 1.25. The Morgan fingerprint density at radius 1 is 1.40 bits per heavy atom. The molecule has 0 radical (unpaired) electrons. The van der Waals surface area contributed by atoms with Gasteiger partial charge in [0.05, 0.1) is 19.3 Å². The van der Waals surface area contributed by atoms with Gasteiger partial charge in [-0.1, -0.05) is 13.0 Å². The summed E-state index contributed by atoms with van der Waals surface area (Å²) < 4.78 is 10.5. The standard InChI is InChI=1S/C12H15NO2/c1-3-6-15-9-10-4-5-11(8-13)12(7-10)14-2/h4-5,7H,3,6,9H2,1-2H3. The molecule has 0 fully saturated rings. The number of benzene rings is 1. The number of nitriles is 1. The molecule has 0 aliphatic heterocycles. The number of hydrogen-bond donors (Lipinski definition) is 0. The van der Waals surface area contributed by atoms with Crippen molar-refractivity contribution in [2.75, 3.05) is 13.7 Å². The molecule has 0 saturated heterocycles. The first kappa shape index (κ1) is 11.5. The molecule has 0 aliphatic carbocycles. The van der Waals surface area contributed by atoms with Crippen LogP contribution in [0.2, 0.25) is 0 Å². The molecule has 3 nitrogen and oxygen atoms in total. The third-order valence-electron chi connectivity index (χ3n) is 2.00. The normalized spacial score (nSPS) is 9.67. The zero-order chi connectivity index (χ0) is 11.1. The fraction of sp³-hybridized carbons (Fsp3) is 0.417. The van der Waals surface area contributed by atoms with Crippen LogP contribution >= 0.6 is 0 Å². The van der Waals surface area contributed by atoms with Gasteiger partial charge in [-0.05, 0) is 24.1 Å². The van der Waals surface area contributed by atoms with Crippen LogP contribution in [0.3, 0.4) is 0 Å². The Kier molecular flexibility index (Phi) is 4.65. The molecule has 1 aromatic carbocycles. The lowest BCUT2D eigenvalue weighted by Crippen LogP contribution is -1.96.